The molecule has 70 valence electrons. The number of rotatable bonds is 2. The average molecular weight is 180 g/mol. The summed E-state index contributed by atoms with van der Waals surface area (Å²) in [4.78, 5) is 11.0. The molecule has 0 aliphatic carbocycles. The first-order chi connectivity index (χ1) is 6.16. The molecule has 1 aromatic rings. The molecular formula is C10H12O3. The minimum atomic E-state index is -1.17. The number of aliphatic hydroxyl groups excluding tert-OH is 1. The number of aryl methyl sites for hydroxylation is 1. The van der Waals surface area contributed by atoms with Gasteiger partial charge in [-0.3, -0.25) is 0 Å². The maximum Gasteiger partial charge on any atom is 0.339 e. The van der Waals surface area contributed by atoms with Crippen LogP contribution in [-0.2, 0) is 9.53 Å². The predicted octanol–water partition coefficient (Wildman–Crippen LogP) is 1.20. The second-order valence-electron chi connectivity index (χ2n) is 2.78. The molecule has 0 aliphatic rings. The lowest BCUT2D eigenvalue weighted by Gasteiger charge is -2.10. The number of aliphatic hydroxyl groups is 1. The van der Waals surface area contributed by atoms with Crippen molar-refractivity contribution < 1.29 is 14.6 Å². The van der Waals surface area contributed by atoms with Gasteiger partial charge in [-0.05, 0) is 18.1 Å². The molecule has 0 aliphatic heterocycles. The van der Waals surface area contributed by atoms with Crippen molar-refractivity contribution in [1.29, 1.82) is 0 Å². The van der Waals surface area contributed by atoms with Gasteiger partial charge in [-0.25, -0.2) is 4.79 Å². The van der Waals surface area contributed by atoms with E-state index in [2.05, 4.69) is 4.74 Å². The summed E-state index contributed by atoms with van der Waals surface area (Å²) in [5.74, 6) is -0.630. The number of hydrogen-bond acceptors (Lipinski definition) is 3. The van der Waals surface area contributed by atoms with Gasteiger partial charge in [-0.1, -0.05) is 24.3 Å². The first kappa shape index (κ1) is 9.74. The number of benzene rings is 1. The largest absolute Gasteiger partial charge is 0.467 e. The van der Waals surface area contributed by atoms with Gasteiger partial charge >= 0.3 is 5.97 Å². The monoisotopic (exact) mass is 180 g/mol. The zero-order valence-corrected chi connectivity index (χ0v) is 7.65. The van der Waals surface area contributed by atoms with Crippen molar-refractivity contribution in [3.63, 3.8) is 0 Å². The van der Waals surface area contributed by atoms with Crippen molar-refractivity contribution in [3.8, 4) is 0 Å². The second-order valence-corrected chi connectivity index (χ2v) is 2.78. The Kier molecular flexibility index (Phi) is 3.03. The minimum absolute atomic E-state index is 0.592. The van der Waals surface area contributed by atoms with Crippen LogP contribution in [-0.4, -0.2) is 18.2 Å². The first-order valence-corrected chi connectivity index (χ1v) is 3.98. The van der Waals surface area contributed by atoms with E-state index in [4.69, 9.17) is 0 Å². The molecule has 0 amide bonds. The number of carbonyl (C=O) groups is 1. The Balaban J connectivity index is 2.95. The van der Waals surface area contributed by atoms with Gasteiger partial charge in [0.05, 0.1) is 7.11 Å². The summed E-state index contributed by atoms with van der Waals surface area (Å²) in [5.41, 5.74) is 1.47. The van der Waals surface area contributed by atoms with Crippen molar-refractivity contribution in [2.75, 3.05) is 7.11 Å². The van der Waals surface area contributed by atoms with Gasteiger partial charge in [0.1, 0.15) is 0 Å². The Bertz CT molecular complexity index is 307. The molecule has 1 aromatic carbocycles. The topological polar surface area (TPSA) is 46.5 Å². The molecule has 3 nitrogen and oxygen atoms in total. The van der Waals surface area contributed by atoms with Crippen LogP contribution in [0.4, 0.5) is 0 Å². The van der Waals surface area contributed by atoms with Gasteiger partial charge in [0, 0.05) is 0 Å². The molecular weight excluding hydrogens is 168 g/mol. The quantitative estimate of drug-likeness (QED) is 0.695. The van der Waals surface area contributed by atoms with Crippen LogP contribution in [0.3, 0.4) is 0 Å². The summed E-state index contributed by atoms with van der Waals surface area (Å²) in [6, 6.07) is 7.16. The Morgan fingerprint density at radius 3 is 2.62 bits per heavy atom. The highest BCUT2D eigenvalue weighted by Crippen LogP contribution is 2.17. The van der Waals surface area contributed by atoms with Gasteiger partial charge in [-0.15, -0.1) is 0 Å². The highest BCUT2D eigenvalue weighted by molar-refractivity contribution is 5.76. The lowest BCUT2D eigenvalue weighted by Crippen LogP contribution is -2.14. The fraction of sp³-hybridized carbons (Fsp3) is 0.300. The van der Waals surface area contributed by atoms with Gasteiger partial charge in [0.25, 0.3) is 0 Å². The highest BCUT2D eigenvalue weighted by atomic mass is 16.5. The van der Waals surface area contributed by atoms with E-state index in [0.29, 0.717) is 5.56 Å². The molecule has 0 saturated carbocycles. The second kappa shape index (κ2) is 4.05. The average Bonchev–Trinajstić information content (AvgIpc) is 2.16. The van der Waals surface area contributed by atoms with Gasteiger partial charge in [0.15, 0.2) is 6.10 Å². The Hall–Kier alpha value is -1.35. The fourth-order valence-electron chi connectivity index (χ4n) is 1.13. The maximum atomic E-state index is 11.0. The molecule has 0 aromatic heterocycles. The molecule has 0 bridgehead atoms. The molecule has 1 N–H and O–H groups in total. The van der Waals surface area contributed by atoms with E-state index < -0.39 is 12.1 Å². The van der Waals surface area contributed by atoms with Crippen LogP contribution in [0.15, 0.2) is 24.3 Å². The van der Waals surface area contributed by atoms with Crippen LogP contribution >= 0.6 is 0 Å². The molecule has 0 radical (unpaired) electrons. The summed E-state index contributed by atoms with van der Waals surface area (Å²) in [6.07, 6.45) is -1.17. The van der Waals surface area contributed by atoms with E-state index in [-0.39, 0.29) is 0 Å². The zero-order valence-electron chi connectivity index (χ0n) is 7.65. The van der Waals surface area contributed by atoms with Crippen molar-refractivity contribution in [2.24, 2.45) is 0 Å². The molecule has 0 spiro atoms. The normalized spacial score (nSPS) is 12.2. The van der Waals surface area contributed by atoms with Gasteiger partial charge < -0.3 is 9.84 Å². The lowest BCUT2D eigenvalue weighted by atomic mass is 10.0. The summed E-state index contributed by atoms with van der Waals surface area (Å²) < 4.78 is 4.43. The van der Waals surface area contributed by atoms with E-state index in [0.717, 1.165) is 5.56 Å². The van der Waals surface area contributed by atoms with Crippen molar-refractivity contribution in [1.82, 2.24) is 0 Å². The first-order valence-electron chi connectivity index (χ1n) is 3.98. The Morgan fingerprint density at radius 1 is 1.46 bits per heavy atom. The van der Waals surface area contributed by atoms with Gasteiger partial charge in [-0.2, -0.15) is 0 Å². The van der Waals surface area contributed by atoms with Crippen LogP contribution in [0.25, 0.3) is 0 Å². The Morgan fingerprint density at radius 2 is 2.08 bits per heavy atom. The number of methoxy groups -OCH3 is 1. The summed E-state index contributed by atoms with van der Waals surface area (Å²) in [6.45, 7) is 1.83. The summed E-state index contributed by atoms with van der Waals surface area (Å²) >= 11 is 0. The third kappa shape index (κ3) is 2.06. The predicted molar refractivity (Wildman–Crippen MR) is 48.2 cm³/mol. The van der Waals surface area contributed by atoms with Crippen LogP contribution in [0.2, 0.25) is 0 Å². The summed E-state index contributed by atoms with van der Waals surface area (Å²) in [7, 11) is 1.25. The third-order valence-electron chi connectivity index (χ3n) is 1.91. The zero-order chi connectivity index (χ0) is 9.84. The van der Waals surface area contributed by atoms with Crippen LogP contribution in [0, 0.1) is 6.92 Å². The van der Waals surface area contributed by atoms with Crippen LogP contribution in [0.5, 0.6) is 0 Å². The third-order valence-corrected chi connectivity index (χ3v) is 1.91. The lowest BCUT2D eigenvalue weighted by molar-refractivity contribution is -0.150. The number of carbonyl (C=O) groups excluding carboxylic acids is 1. The SMILES string of the molecule is COC(=O)[C@@H](O)c1ccccc1C. The summed E-state index contributed by atoms with van der Waals surface area (Å²) in [5, 5.41) is 9.50. The smallest absolute Gasteiger partial charge is 0.339 e. The molecule has 3 heteroatoms. The molecule has 0 saturated heterocycles. The molecule has 1 rings (SSSR count). The molecule has 0 unspecified atom stereocenters. The van der Waals surface area contributed by atoms with E-state index in [1.807, 2.05) is 19.1 Å². The number of hydrogen-bond donors (Lipinski definition) is 1. The van der Waals surface area contributed by atoms with Crippen molar-refractivity contribution in [2.45, 2.75) is 13.0 Å². The standard InChI is InChI=1S/C10H12O3/c1-7-5-3-4-6-8(7)9(11)10(12)13-2/h3-6,9,11H,1-2H3/t9-/m0/s1. The van der Waals surface area contributed by atoms with E-state index >= 15 is 0 Å². The highest BCUT2D eigenvalue weighted by Gasteiger charge is 2.18. The van der Waals surface area contributed by atoms with Crippen LogP contribution in [0.1, 0.15) is 17.2 Å². The Labute approximate surface area is 77.0 Å². The molecule has 1 atom stereocenters. The molecule has 0 fully saturated rings. The molecule has 13 heavy (non-hydrogen) atoms. The fourth-order valence-corrected chi connectivity index (χ4v) is 1.13. The van der Waals surface area contributed by atoms with Crippen molar-refractivity contribution in [3.05, 3.63) is 35.4 Å². The van der Waals surface area contributed by atoms with Crippen LogP contribution < -0.4 is 0 Å². The number of ether oxygens (including phenoxy) is 1. The van der Waals surface area contributed by atoms with E-state index in [1.54, 1.807) is 12.1 Å². The maximum absolute atomic E-state index is 11.0. The number of esters is 1. The van der Waals surface area contributed by atoms with E-state index in [9.17, 15) is 9.90 Å². The van der Waals surface area contributed by atoms with E-state index in [1.165, 1.54) is 7.11 Å². The minimum Gasteiger partial charge on any atom is -0.467 e. The van der Waals surface area contributed by atoms with Gasteiger partial charge in [0.2, 0.25) is 0 Å². The molecule has 0 heterocycles. The van der Waals surface area contributed by atoms with Crippen molar-refractivity contribution >= 4 is 5.97 Å².